The molecule has 0 fully saturated rings. The third-order valence-corrected chi connectivity index (χ3v) is 4.05. The number of amidine groups is 1. The van der Waals surface area contributed by atoms with Gasteiger partial charge in [-0.25, -0.2) is 4.39 Å². The predicted octanol–water partition coefficient (Wildman–Crippen LogP) is 5.65. The second-order valence-electron chi connectivity index (χ2n) is 5.36. The fourth-order valence-electron chi connectivity index (χ4n) is 2.28. The van der Waals surface area contributed by atoms with Crippen LogP contribution < -0.4 is 5.32 Å². The topological polar surface area (TPSA) is 24.4 Å². The van der Waals surface area contributed by atoms with Gasteiger partial charge in [-0.05, 0) is 37.8 Å². The number of alkyl halides is 2. The first-order valence-corrected chi connectivity index (χ1v) is 10.5. The van der Waals surface area contributed by atoms with Gasteiger partial charge in [-0.2, -0.15) is 0 Å². The van der Waals surface area contributed by atoms with E-state index in [1.165, 1.54) is 6.07 Å². The van der Waals surface area contributed by atoms with Crippen molar-refractivity contribution >= 4 is 37.7 Å². The van der Waals surface area contributed by atoms with Crippen molar-refractivity contribution in [3.05, 3.63) is 60.0 Å². The van der Waals surface area contributed by atoms with Gasteiger partial charge in [0, 0.05) is 22.3 Å². The molecule has 0 spiro atoms. The smallest absolute Gasteiger partial charge is 0.128 e. The zero-order chi connectivity index (χ0) is 19.8. The number of nitrogens with one attached hydrogen (secondary N) is 1. The molecule has 0 saturated heterocycles. The molecule has 0 radical (unpaired) electrons. The monoisotopic (exact) mass is 484 g/mol. The van der Waals surface area contributed by atoms with Crippen LogP contribution in [0.4, 0.5) is 4.39 Å². The highest BCUT2D eigenvalue weighted by molar-refractivity contribution is 9.09. The second kappa shape index (κ2) is 15.8. The summed E-state index contributed by atoms with van der Waals surface area (Å²) < 4.78 is 13.8. The fraction of sp³-hybridized carbons (Fsp3) is 0.381. The minimum absolute atomic E-state index is 0.136. The molecule has 0 amide bonds. The number of terminal acetylenes is 1. The van der Waals surface area contributed by atoms with Gasteiger partial charge in [0.05, 0.1) is 6.54 Å². The molecule has 2 nitrogen and oxygen atoms in total. The van der Waals surface area contributed by atoms with E-state index in [-0.39, 0.29) is 5.82 Å². The summed E-state index contributed by atoms with van der Waals surface area (Å²) in [6.07, 6.45) is 16.6. The fourth-order valence-corrected chi connectivity index (χ4v) is 2.71. The molecule has 26 heavy (non-hydrogen) atoms. The maximum absolute atomic E-state index is 13.8. The number of rotatable bonds is 7. The van der Waals surface area contributed by atoms with Crippen molar-refractivity contribution in [2.45, 2.75) is 31.0 Å². The molecule has 0 saturated carbocycles. The summed E-state index contributed by atoms with van der Waals surface area (Å²) in [4.78, 5) is 4.86. The van der Waals surface area contributed by atoms with Crippen molar-refractivity contribution in [3.8, 4) is 12.8 Å². The largest absolute Gasteiger partial charge is 0.368 e. The summed E-state index contributed by atoms with van der Waals surface area (Å²) in [5.41, 5.74) is 1.68. The summed E-state index contributed by atoms with van der Waals surface area (Å²) in [5.74, 6) is 0.695. The number of unbranched alkanes of at least 4 members (excludes halogenated alkanes) is 1. The molecular weight excluding hydrogens is 459 g/mol. The molecular formula is C21H27Br2FN2. The van der Waals surface area contributed by atoms with Gasteiger partial charge in [-0.15, -0.1) is 19.4 Å². The van der Waals surface area contributed by atoms with Crippen molar-refractivity contribution in [1.29, 1.82) is 0 Å². The second-order valence-corrected chi connectivity index (χ2v) is 7.46. The van der Waals surface area contributed by atoms with Crippen LogP contribution in [0.2, 0.25) is 0 Å². The lowest BCUT2D eigenvalue weighted by Crippen LogP contribution is -2.21. The Labute approximate surface area is 174 Å². The molecule has 1 atom stereocenters. The number of halogens is 3. The molecule has 1 N–H and O–H groups in total. The van der Waals surface area contributed by atoms with Crippen LogP contribution in [0.1, 0.15) is 30.9 Å². The van der Waals surface area contributed by atoms with Crippen molar-refractivity contribution < 1.29 is 4.39 Å². The van der Waals surface area contributed by atoms with Crippen LogP contribution in [0.5, 0.6) is 0 Å². The Morgan fingerprint density at radius 2 is 2.15 bits per heavy atom. The van der Waals surface area contributed by atoms with E-state index in [0.29, 0.717) is 4.83 Å². The number of aliphatic imine (C=N–C) groups is 1. The van der Waals surface area contributed by atoms with Gasteiger partial charge < -0.3 is 5.32 Å². The molecule has 1 aliphatic heterocycles. The molecule has 2 rings (SSSR count). The average Bonchev–Trinajstić information content (AvgIpc) is 3.18. The standard InChI is InChI=1S/C14H17FN2.C5H8Br2.C2H2/c1-2-3-4-6-11-12(7-5-8-13(11)15)14-16-9-10-17-14;1-5(7)3-2-4-6;1-2/h2,5,7-8H,1,3-4,6,9-10H2,(H,16,17);2-3,5H,4H2,1H3;1-2H/b;3-2-;. The highest BCUT2D eigenvalue weighted by atomic mass is 79.9. The Bertz CT molecular complexity index is 607. The molecule has 0 aliphatic carbocycles. The lowest BCUT2D eigenvalue weighted by molar-refractivity contribution is 0.604. The summed E-state index contributed by atoms with van der Waals surface area (Å²) in [6.45, 7) is 7.39. The number of nitrogens with zero attached hydrogens (tertiary/aromatic N) is 1. The van der Waals surface area contributed by atoms with Gasteiger partial charge in [0.2, 0.25) is 0 Å². The molecule has 1 aliphatic rings. The lowest BCUT2D eigenvalue weighted by Gasteiger charge is -2.10. The Morgan fingerprint density at radius 1 is 1.42 bits per heavy atom. The minimum atomic E-state index is -0.136. The minimum Gasteiger partial charge on any atom is -0.368 e. The first-order valence-electron chi connectivity index (χ1n) is 8.47. The zero-order valence-electron chi connectivity index (χ0n) is 15.2. The molecule has 142 valence electrons. The highest BCUT2D eigenvalue weighted by Crippen LogP contribution is 2.18. The normalized spacial score (nSPS) is 13.5. The van der Waals surface area contributed by atoms with E-state index in [2.05, 4.69) is 80.7 Å². The van der Waals surface area contributed by atoms with Crippen LogP contribution in [-0.2, 0) is 6.42 Å². The maximum Gasteiger partial charge on any atom is 0.128 e. The number of allylic oxidation sites excluding steroid dienone is 3. The molecule has 1 unspecified atom stereocenters. The third kappa shape index (κ3) is 9.94. The number of hydrogen-bond acceptors (Lipinski definition) is 2. The van der Waals surface area contributed by atoms with Crippen molar-refractivity contribution in [2.75, 3.05) is 18.4 Å². The van der Waals surface area contributed by atoms with Crippen molar-refractivity contribution in [3.63, 3.8) is 0 Å². The summed E-state index contributed by atoms with van der Waals surface area (Å²) in [5, 5.41) is 4.14. The van der Waals surface area contributed by atoms with Crippen LogP contribution in [0.3, 0.4) is 0 Å². The lowest BCUT2D eigenvalue weighted by atomic mass is 10.0. The van der Waals surface area contributed by atoms with Crippen LogP contribution in [0.15, 0.2) is 48.0 Å². The predicted molar refractivity (Wildman–Crippen MR) is 120 cm³/mol. The number of hydrogen-bond donors (Lipinski definition) is 1. The van der Waals surface area contributed by atoms with Crippen LogP contribution >= 0.6 is 31.9 Å². The van der Waals surface area contributed by atoms with E-state index in [9.17, 15) is 4.39 Å². The van der Waals surface area contributed by atoms with Crippen LogP contribution in [0, 0.1) is 18.7 Å². The van der Waals surface area contributed by atoms with E-state index < -0.39 is 0 Å². The van der Waals surface area contributed by atoms with Gasteiger partial charge in [0.15, 0.2) is 0 Å². The number of benzene rings is 1. The van der Waals surface area contributed by atoms with Gasteiger partial charge in [0.25, 0.3) is 0 Å². The molecule has 0 bridgehead atoms. The highest BCUT2D eigenvalue weighted by Gasteiger charge is 2.15. The van der Waals surface area contributed by atoms with Crippen LogP contribution in [-0.4, -0.2) is 29.1 Å². The molecule has 5 heteroatoms. The molecule has 1 aromatic carbocycles. The Balaban J connectivity index is 0.000000589. The molecule has 0 aromatic heterocycles. The SMILES string of the molecule is C#C.C=CCCCc1c(F)cccc1C1=NCCN1.CC(Br)/C=C\CBr. The van der Waals surface area contributed by atoms with E-state index in [0.717, 1.165) is 54.6 Å². The van der Waals surface area contributed by atoms with Gasteiger partial charge in [0.1, 0.15) is 11.7 Å². The van der Waals surface area contributed by atoms with Gasteiger partial charge >= 0.3 is 0 Å². The summed E-state index contributed by atoms with van der Waals surface area (Å²) >= 11 is 6.64. The summed E-state index contributed by atoms with van der Waals surface area (Å²) in [7, 11) is 0. The molecule has 1 heterocycles. The van der Waals surface area contributed by atoms with Crippen molar-refractivity contribution in [1.82, 2.24) is 5.32 Å². The van der Waals surface area contributed by atoms with E-state index in [1.807, 2.05) is 12.1 Å². The maximum atomic E-state index is 13.8. The van der Waals surface area contributed by atoms with E-state index in [4.69, 9.17) is 0 Å². The van der Waals surface area contributed by atoms with Crippen LogP contribution in [0.25, 0.3) is 0 Å². The van der Waals surface area contributed by atoms with Crippen molar-refractivity contribution in [2.24, 2.45) is 4.99 Å². The van der Waals surface area contributed by atoms with E-state index >= 15 is 0 Å². The quantitative estimate of drug-likeness (QED) is 0.229. The Hall–Kier alpha value is -1.38. The van der Waals surface area contributed by atoms with Gasteiger partial charge in [-0.1, -0.05) is 62.2 Å². The first-order chi connectivity index (χ1) is 12.6. The Morgan fingerprint density at radius 3 is 2.65 bits per heavy atom. The zero-order valence-corrected chi connectivity index (χ0v) is 18.4. The third-order valence-electron chi connectivity index (χ3n) is 3.37. The average molecular weight is 486 g/mol. The van der Waals surface area contributed by atoms with E-state index in [1.54, 1.807) is 6.07 Å². The Kier molecular flexibility index (Phi) is 15.0. The van der Waals surface area contributed by atoms with Gasteiger partial charge in [-0.3, -0.25) is 4.99 Å². The molecule has 1 aromatic rings. The first kappa shape index (κ1) is 24.6. The summed E-state index contributed by atoms with van der Waals surface area (Å²) in [6, 6.07) is 5.19.